The quantitative estimate of drug-likeness (QED) is 0.902. The number of fused-ring (bicyclic) bond motifs is 1. The molecule has 1 saturated carbocycles. The molecule has 1 N–H and O–H groups in total. The first-order valence-electron chi connectivity index (χ1n) is 7.30. The smallest absolute Gasteiger partial charge is 0.171 e. The van der Waals surface area contributed by atoms with Gasteiger partial charge in [0.25, 0.3) is 0 Å². The Balaban J connectivity index is 1.76. The molecule has 2 aliphatic rings. The Labute approximate surface area is 114 Å². The number of ether oxygens (including phenoxy) is 1. The third kappa shape index (κ3) is 2.41. The first kappa shape index (κ1) is 12.7. The van der Waals surface area contributed by atoms with E-state index in [4.69, 9.17) is 4.74 Å². The van der Waals surface area contributed by atoms with Crippen molar-refractivity contribution in [1.82, 2.24) is 4.98 Å². The van der Waals surface area contributed by atoms with Gasteiger partial charge in [-0.05, 0) is 37.3 Å². The number of aliphatic hydroxyl groups excluding tert-OH is 1. The lowest BCUT2D eigenvalue weighted by molar-refractivity contribution is 0.133. The highest BCUT2D eigenvalue weighted by atomic mass is 16.5. The van der Waals surface area contributed by atoms with Crippen molar-refractivity contribution in [3.63, 3.8) is 0 Å². The van der Waals surface area contributed by atoms with Crippen LogP contribution in [0.1, 0.15) is 26.2 Å². The predicted molar refractivity (Wildman–Crippen MR) is 74.5 cm³/mol. The van der Waals surface area contributed by atoms with Gasteiger partial charge in [0, 0.05) is 25.2 Å². The monoisotopic (exact) mass is 262 g/mol. The first-order valence-corrected chi connectivity index (χ1v) is 7.30. The number of nitrogens with zero attached hydrogens (tertiary/aromatic N) is 2. The molecule has 3 atom stereocenters. The lowest BCUT2D eigenvalue weighted by Gasteiger charge is -2.21. The lowest BCUT2D eigenvalue weighted by Crippen LogP contribution is -2.25. The molecule has 4 nitrogen and oxygen atoms in total. The molecule has 0 amide bonds. The van der Waals surface area contributed by atoms with E-state index < -0.39 is 0 Å². The van der Waals surface area contributed by atoms with Crippen LogP contribution in [-0.2, 0) is 0 Å². The minimum atomic E-state index is -0.126. The van der Waals surface area contributed by atoms with Crippen LogP contribution in [0.4, 0.5) is 5.82 Å². The number of pyridine rings is 1. The largest absolute Gasteiger partial charge is 0.490 e. The van der Waals surface area contributed by atoms with Crippen LogP contribution in [0, 0.1) is 11.8 Å². The number of aliphatic hydroxyl groups is 1. The summed E-state index contributed by atoms with van der Waals surface area (Å²) in [5.41, 5.74) is 0. The molecular weight excluding hydrogens is 240 g/mol. The Morgan fingerprint density at radius 2 is 2.32 bits per heavy atom. The molecule has 19 heavy (non-hydrogen) atoms. The molecule has 0 radical (unpaired) electrons. The normalized spacial score (nSPS) is 29.6. The molecule has 1 aliphatic carbocycles. The fraction of sp³-hybridized carbons (Fsp3) is 0.667. The molecule has 4 heteroatoms. The second kappa shape index (κ2) is 5.37. The van der Waals surface area contributed by atoms with Gasteiger partial charge in [-0.25, -0.2) is 4.98 Å². The fourth-order valence-corrected chi connectivity index (χ4v) is 3.35. The number of rotatable bonds is 4. The van der Waals surface area contributed by atoms with Crippen molar-refractivity contribution >= 4 is 5.82 Å². The SMILES string of the molecule is CCCOc1cccnc1N1CC2CCC(O)C2C1. The van der Waals surface area contributed by atoms with Crippen molar-refractivity contribution in [2.75, 3.05) is 24.6 Å². The summed E-state index contributed by atoms with van der Waals surface area (Å²) in [6.07, 6.45) is 4.79. The molecular formula is C15H22N2O2. The second-order valence-electron chi connectivity index (χ2n) is 5.65. The highest BCUT2D eigenvalue weighted by Gasteiger charge is 2.42. The van der Waals surface area contributed by atoms with E-state index >= 15 is 0 Å². The van der Waals surface area contributed by atoms with Crippen LogP contribution < -0.4 is 9.64 Å². The van der Waals surface area contributed by atoms with Crippen molar-refractivity contribution in [3.05, 3.63) is 18.3 Å². The average Bonchev–Trinajstić information content (AvgIpc) is 2.99. The molecule has 0 bridgehead atoms. The average molecular weight is 262 g/mol. The van der Waals surface area contributed by atoms with Crippen LogP contribution in [0.3, 0.4) is 0 Å². The zero-order valence-electron chi connectivity index (χ0n) is 11.5. The van der Waals surface area contributed by atoms with Gasteiger partial charge in [0.05, 0.1) is 12.7 Å². The molecule has 1 aromatic heterocycles. The van der Waals surface area contributed by atoms with Gasteiger partial charge in [-0.3, -0.25) is 0 Å². The lowest BCUT2D eigenvalue weighted by atomic mass is 10.00. The third-order valence-electron chi connectivity index (χ3n) is 4.33. The summed E-state index contributed by atoms with van der Waals surface area (Å²) in [6.45, 7) is 4.74. The number of hydrogen-bond acceptors (Lipinski definition) is 4. The van der Waals surface area contributed by atoms with Crippen LogP contribution in [0.5, 0.6) is 5.75 Å². The van der Waals surface area contributed by atoms with Crippen molar-refractivity contribution in [3.8, 4) is 5.75 Å². The Morgan fingerprint density at radius 1 is 1.42 bits per heavy atom. The molecule has 1 aliphatic heterocycles. The summed E-state index contributed by atoms with van der Waals surface area (Å²) in [6, 6.07) is 3.91. The highest BCUT2D eigenvalue weighted by molar-refractivity contribution is 5.53. The summed E-state index contributed by atoms with van der Waals surface area (Å²) in [7, 11) is 0. The van der Waals surface area contributed by atoms with Crippen molar-refractivity contribution < 1.29 is 9.84 Å². The maximum atomic E-state index is 10.00. The summed E-state index contributed by atoms with van der Waals surface area (Å²) in [5, 5.41) is 10.00. The van der Waals surface area contributed by atoms with E-state index in [0.717, 1.165) is 50.5 Å². The topological polar surface area (TPSA) is 45.6 Å². The van der Waals surface area contributed by atoms with Crippen LogP contribution in [0.15, 0.2) is 18.3 Å². The summed E-state index contributed by atoms with van der Waals surface area (Å²) in [4.78, 5) is 6.77. The maximum Gasteiger partial charge on any atom is 0.171 e. The van der Waals surface area contributed by atoms with E-state index in [2.05, 4.69) is 16.8 Å². The highest BCUT2D eigenvalue weighted by Crippen LogP contribution is 2.41. The van der Waals surface area contributed by atoms with E-state index in [1.807, 2.05) is 18.3 Å². The summed E-state index contributed by atoms with van der Waals surface area (Å²) in [5.74, 6) is 2.86. The van der Waals surface area contributed by atoms with E-state index in [-0.39, 0.29) is 6.10 Å². The van der Waals surface area contributed by atoms with Gasteiger partial charge in [-0.2, -0.15) is 0 Å². The van der Waals surface area contributed by atoms with Crippen LogP contribution >= 0.6 is 0 Å². The molecule has 0 spiro atoms. The van der Waals surface area contributed by atoms with Crippen LogP contribution in [0.25, 0.3) is 0 Å². The van der Waals surface area contributed by atoms with Crippen LogP contribution in [-0.4, -0.2) is 35.9 Å². The fourth-order valence-electron chi connectivity index (χ4n) is 3.35. The van der Waals surface area contributed by atoms with E-state index in [0.29, 0.717) is 11.8 Å². The number of aromatic nitrogens is 1. The number of anilines is 1. The molecule has 3 rings (SSSR count). The molecule has 1 aromatic rings. The zero-order valence-corrected chi connectivity index (χ0v) is 11.5. The third-order valence-corrected chi connectivity index (χ3v) is 4.33. The van der Waals surface area contributed by atoms with Gasteiger partial charge in [0.1, 0.15) is 0 Å². The van der Waals surface area contributed by atoms with E-state index in [1.54, 1.807) is 0 Å². The van der Waals surface area contributed by atoms with Crippen molar-refractivity contribution in [2.45, 2.75) is 32.3 Å². The molecule has 3 unspecified atom stereocenters. The standard InChI is InChI=1S/C15H22N2O2/c1-2-8-19-14-4-3-7-16-15(14)17-9-11-5-6-13(18)12(11)10-17/h3-4,7,11-13,18H,2,5-6,8-10H2,1H3. The van der Waals surface area contributed by atoms with Crippen molar-refractivity contribution in [2.24, 2.45) is 11.8 Å². The van der Waals surface area contributed by atoms with Gasteiger partial charge in [0.15, 0.2) is 11.6 Å². The zero-order chi connectivity index (χ0) is 13.2. The van der Waals surface area contributed by atoms with Crippen molar-refractivity contribution in [1.29, 1.82) is 0 Å². The Morgan fingerprint density at radius 3 is 3.11 bits per heavy atom. The summed E-state index contributed by atoms with van der Waals surface area (Å²) >= 11 is 0. The predicted octanol–water partition coefficient (Wildman–Crippen LogP) is 2.08. The Hall–Kier alpha value is -1.29. The number of hydrogen-bond donors (Lipinski definition) is 1. The van der Waals surface area contributed by atoms with Gasteiger partial charge in [0.2, 0.25) is 0 Å². The minimum Gasteiger partial charge on any atom is -0.490 e. The molecule has 2 fully saturated rings. The van der Waals surface area contributed by atoms with Gasteiger partial charge >= 0.3 is 0 Å². The Bertz CT molecular complexity index is 438. The maximum absolute atomic E-state index is 10.00. The van der Waals surface area contributed by atoms with Gasteiger partial charge in [-0.1, -0.05) is 6.92 Å². The van der Waals surface area contributed by atoms with Crippen LogP contribution in [0.2, 0.25) is 0 Å². The first-order chi connectivity index (χ1) is 9.29. The van der Waals surface area contributed by atoms with Gasteiger partial charge < -0.3 is 14.7 Å². The minimum absolute atomic E-state index is 0.126. The second-order valence-corrected chi connectivity index (χ2v) is 5.65. The molecule has 2 heterocycles. The molecule has 1 saturated heterocycles. The molecule has 104 valence electrons. The van der Waals surface area contributed by atoms with Gasteiger partial charge in [-0.15, -0.1) is 0 Å². The molecule has 0 aromatic carbocycles. The summed E-state index contributed by atoms with van der Waals surface area (Å²) < 4.78 is 5.78. The van der Waals surface area contributed by atoms with E-state index in [9.17, 15) is 5.11 Å². The van der Waals surface area contributed by atoms with E-state index in [1.165, 1.54) is 0 Å². The Kier molecular flexibility index (Phi) is 3.60.